The Morgan fingerprint density at radius 2 is 1.80 bits per heavy atom. The first-order valence-electron chi connectivity index (χ1n) is 6.69. The maximum Gasteiger partial charge on any atom is 0.496 e. The molecule has 0 amide bonds. The fraction of sp³-hybridized carbons (Fsp3) is 0.533. The Kier molecular flexibility index (Phi) is 3.92. The van der Waals surface area contributed by atoms with Gasteiger partial charge in [-0.25, -0.2) is 0 Å². The van der Waals surface area contributed by atoms with E-state index in [4.69, 9.17) is 14.0 Å². The standard InChI is InChI=1S/C15H20BNO3/c1-14(2)15(3,4)20-16(19-14)13-11(9-17)7-6-8-12(13)10-18-5/h6-8H,10H2,1-5H3. The van der Waals surface area contributed by atoms with Gasteiger partial charge in [-0.1, -0.05) is 12.1 Å². The van der Waals surface area contributed by atoms with Gasteiger partial charge >= 0.3 is 7.12 Å². The lowest BCUT2D eigenvalue weighted by molar-refractivity contribution is 0.00578. The highest BCUT2D eigenvalue weighted by atomic mass is 16.7. The number of ether oxygens (including phenoxy) is 1. The average molecular weight is 273 g/mol. The number of hydrogen-bond donors (Lipinski definition) is 0. The predicted molar refractivity (Wildman–Crippen MR) is 77.6 cm³/mol. The van der Waals surface area contributed by atoms with E-state index in [9.17, 15) is 5.26 Å². The summed E-state index contributed by atoms with van der Waals surface area (Å²) in [7, 11) is 1.09. The van der Waals surface area contributed by atoms with Crippen molar-refractivity contribution >= 4 is 12.6 Å². The fourth-order valence-electron chi connectivity index (χ4n) is 2.23. The highest BCUT2D eigenvalue weighted by Gasteiger charge is 2.52. The molecule has 1 aliphatic rings. The van der Waals surface area contributed by atoms with E-state index in [-0.39, 0.29) is 0 Å². The molecule has 0 N–H and O–H groups in total. The Morgan fingerprint density at radius 1 is 1.20 bits per heavy atom. The summed E-state index contributed by atoms with van der Waals surface area (Å²) in [5.74, 6) is 0. The van der Waals surface area contributed by atoms with Gasteiger partial charge in [0, 0.05) is 12.6 Å². The molecule has 1 saturated heterocycles. The van der Waals surface area contributed by atoms with Gasteiger partial charge in [-0.2, -0.15) is 5.26 Å². The number of nitriles is 1. The van der Waals surface area contributed by atoms with Crippen LogP contribution in [0.3, 0.4) is 0 Å². The van der Waals surface area contributed by atoms with E-state index < -0.39 is 18.3 Å². The molecule has 0 unspecified atom stereocenters. The largest absolute Gasteiger partial charge is 0.496 e. The molecule has 0 spiro atoms. The Labute approximate surface area is 120 Å². The number of methoxy groups -OCH3 is 1. The number of hydrogen-bond acceptors (Lipinski definition) is 4. The van der Waals surface area contributed by atoms with E-state index in [0.717, 1.165) is 11.0 Å². The second-order valence-corrected chi connectivity index (χ2v) is 6.01. The van der Waals surface area contributed by atoms with E-state index in [2.05, 4.69) is 6.07 Å². The average Bonchev–Trinajstić information content (AvgIpc) is 2.58. The molecular weight excluding hydrogens is 253 g/mol. The molecule has 0 saturated carbocycles. The third-order valence-corrected chi connectivity index (χ3v) is 4.11. The van der Waals surface area contributed by atoms with Crippen LogP contribution in [0, 0.1) is 11.3 Å². The van der Waals surface area contributed by atoms with Crippen LogP contribution in [0.2, 0.25) is 0 Å². The molecule has 1 aromatic carbocycles. The first-order valence-corrected chi connectivity index (χ1v) is 6.69. The van der Waals surface area contributed by atoms with Crippen LogP contribution in [-0.4, -0.2) is 25.4 Å². The number of benzene rings is 1. The van der Waals surface area contributed by atoms with Gasteiger partial charge in [-0.15, -0.1) is 0 Å². The van der Waals surface area contributed by atoms with Crippen LogP contribution in [0.1, 0.15) is 38.8 Å². The van der Waals surface area contributed by atoms with E-state index in [1.165, 1.54) is 0 Å². The summed E-state index contributed by atoms with van der Waals surface area (Å²) >= 11 is 0. The van der Waals surface area contributed by atoms with E-state index in [0.29, 0.717) is 12.2 Å². The topological polar surface area (TPSA) is 51.5 Å². The molecule has 0 bridgehead atoms. The minimum absolute atomic E-state index is 0.426. The van der Waals surface area contributed by atoms with Crippen molar-refractivity contribution in [1.29, 1.82) is 5.26 Å². The second-order valence-electron chi connectivity index (χ2n) is 6.01. The van der Waals surface area contributed by atoms with Gasteiger partial charge in [-0.05, 0) is 39.3 Å². The third kappa shape index (κ3) is 2.47. The fourth-order valence-corrected chi connectivity index (χ4v) is 2.23. The second kappa shape index (κ2) is 5.21. The summed E-state index contributed by atoms with van der Waals surface area (Å²) in [5.41, 5.74) is 1.41. The van der Waals surface area contributed by atoms with Crippen LogP contribution in [-0.2, 0) is 20.7 Å². The summed E-state index contributed by atoms with van der Waals surface area (Å²) in [6, 6.07) is 7.77. The zero-order valence-electron chi connectivity index (χ0n) is 12.7. The molecule has 20 heavy (non-hydrogen) atoms. The van der Waals surface area contributed by atoms with Crippen LogP contribution >= 0.6 is 0 Å². The smallest absolute Gasteiger partial charge is 0.399 e. The Balaban J connectivity index is 2.46. The van der Waals surface area contributed by atoms with Crippen molar-refractivity contribution in [2.45, 2.75) is 45.5 Å². The Hall–Kier alpha value is -1.35. The molecule has 1 fully saturated rings. The maximum absolute atomic E-state index is 9.33. The highest BCUT2D eigenvalue weighted by Crippen LogP contribution is 2.37. The minimum Gasteiger partial charge on any atom is -0.399 e. The normalized spacial score (nSPS) is 19.9. The van der Waals surface area contributed by atoms with Gasteiger partial charge in [0.25, 0.3) is 0 Å². The van der Waals surface area contributed by atoms with E-state index in [1.807, 2.05) is 39.8 Å². The quantitative estimate of drug-likeness (QED) is 0.790. The molecule has 106 valence electrons. The number of nitrogens with zero attached hydrogens (tertiary/aromatic N) is 1. The molecule has 4 nitrogen and oxygen atoms in total. The van der Waals surface area contributed by atoms with Crippen LogP contribution in [0.4, 0.5) is 0 Å². The minimum atomic E-state index is -0.541. The lowest BCUT2D eigenvalue weighted by Gasteiger charge is -2.32. The molecule has 0 radical (unpaired) electrons. The monoisotopic (exact) mass is 273 g/mol. The van der Waals surface area contributed by atoms with Crippen molar-refractivity contribution in [3.8, 4) is 6.07 Å². The van der Waals surface area contributed by atoms with Gasteiger partial charge in [-0.3, -0.25) is 0 Å². The SMILES string of the molecule is COCc1cccc(C#N)c1B1OC(C)(C)C(C)(C)O1. The molecule has 1 aliphatic heterocycles. The van der Waals surface area contributed by atoms with E-state index in [1.54, 1.807) is 13.2 Å². The molecule has 0 atom stereocenters. The molecule has 1 aromatic rings. The zero-order chi connectivity index (χ0) is 15.0. The van der Waals surface area contributed by atoms with E-state index >= 15 is 0 Å². The van der Waals surface area contributed by atoms with Crippen molar-refractivity contribution in [2.24, 2.45) is 0 Å². The van der Waals surface area contributed by atoms with Gasteiger partial charge in [0.05, 0.1) is 29.4 Å². The number of rotatable bonds is 3. The third-order valence-electron chi connectivity index (χ3n) is 4.11. The zero-order valence-corrected chi connectivity index (χ0v) is 12.7. The van der Waals surface area contributed by atoms with Crippen molar-refractivity contribution in [3.63, 3.8) is 0 Å². The molecule has 5 heteroatoms. The summed E-state index contributed by atoms with van der Waals surface area (Å²) in [5, 5.41) is 9.33. The van der Waals surface area contributed by atoms with Crippen molar-refractivity contribution < 1.29 is 14.0 Å². The lowest BCUT2D eigenvalue weighted by Crippen LogP contribution is -2.41. The lowest BCUT2D eigenvalue weighted by atomic mass is 9.73. The van der Waals surface area contributed by atoms with Crippen LogP contribution in [0.5, 0.6) is 0 Å². The Morgan fingerprint density at radius 3 is 2.30 bits per heavy atom. The van der Waals surface area contributed by atoms with Crippen LogP contribution in [0.25, 0.3) is 0 Å². The van der Waals surface area contributed by atoms with Gasteiger partial charge < -0.3 is 14.0 Å². The first kappa shape index (κ1) is 15.1. The van der Waals surface area contributed by atoms with Crippen molar-refractivity contribution in [3.05, 3.63) is 29.3 Å². The van der Waals surface area contributed by atoms with Crippen LogP contribution < -0.4 is 5.46 Å². The highest BCUT2D eigenvalue weighted by molar-refractivity contribution is 6.63. The predicted octanol–water partition coefficient (Wildman–Crippen LogP) is 2.00. The van der Waals surface area contributed by atoms with Crippen LogP contribution in [0.15, 0.2) is 18.2 Å². The maximum atomic E-state index is 9.33. The summed E-state index contributed by atoms with van der Waals surface area (Å²) < 4.78 is 17.3. The molecule has 1 heterocycles. The molecular formula is C15H20BNO3. The first-order chi connectivity index (χ1) is 9.32. The summed E-state index contributed by atoms with van der Waals surface area (Å²) in [6.07, 6.45) is 0. The summed E-state index contributed by atoms with van der Waals surface area (Å²) in [6.45, 7) is 8.42. The van der Waals surface area contributed by atoms with Gasteiger partial charge in [0.2, 0.25) is 0 Å². The van der Waals surface area contributed by atoms with Crippen molar-refractivity contribution in [2.75, 3.05) is 7.11 Å². The Bertz CT molecular complexity index is 533. The summed E-state index contributed by atoms with van der Waals surface area (Å²) in [4.78, 5) is 0. The van der Waals surface area contributed by atoms with Gasteiger partial charge in [0.15, 0.2) is 0 Å². The molecule has 2 rings (SSSR count). The van der Waals surface area contributed by atoms with Gasteiger partial charge in [0.1, 0.15) is 0 Å². The molecule has 0 aromatic heterocycles. The molecule has 0 aliphatic carbocycles. The van der Waals surface area contributed by atoms with Crippen molar-refractivity contribution in [1.82, 2.24) is 0 Å².